The minimum Gasteiger partial charge on any atom is -0.454 e. The van der Waals surface area contributed by atoms with E-state index in [0.29, 0.717) is 24.4 Å². The number of fused-ring (bicyclic) bond motifs is 1. The Labute approximate surface area is 171 Å². The van der Waals surface area contributed by atoms with Gasteiger partial charge in [-0.2, -0.15) is 0 Å². The monoisotopic (exact) mass is 396 g/mol. The third-order valence-electron chi connectivity index (χ3n) is 5.31. The van der Waals surface area contributed by atoms with E-state index >= 15 is 0 Å². The van der Waals surface area contributed by atoms with Gasteiger partial charge >= 0.3 is 0 Å². The topological polar surface area (TPSA) is 67.9 Å². The molecule has 2 aromatic rings. The normalized spacial score (nSPS) is 14.2. The van der Waals surface area contributed by atoms with Gasteiger partial charge < -0.3 is 19.7 Å². The molecule has 2 aromatic carbocycles. The smallest absolute Gasteiger partial charge is 0.251 e. The number of hydrogen-bond donors (Lipinski definition) is 1. The van der Waals surface area contributed by atoms with E-state index in [4.69, 9.17) is 9.47 Å². The van der Waals surface area contributed by atoms with Crippen LogP contribution in [0.15, 0.2) is 48.5 Å². The molecule has 6 nitrogen and oxygen atoms in total. The highest BCUT2D eigenvalue weighted by atomic mass is 16.7. The molecule has 29 heavy (non-hydrogen) atoms. The summed E-state index contributed by atoms with van der Waals surface area (Å²) in [5.74, 6) is 1.12. The molecule has 2 atom stereocenters. The Hall–Kier alpha value is -3.02. The van der Waals surface area contributed by atoms with Gasteiger partial charge in [-0.1, -0.05) is 44.5 Å². The first-order valence-electron chi connectivity index (χ1n) is 10.1. The molecule has 1 aliphatic rings. The fourth-order valence-electron chi connectivity index (χ4n) is 3.30. The minimum atomic E-state index is -0.582. The molecule has 0 fully saturated rings. The van der Waals surface area contributed by atoms with Crippen molar-refractivity contribution in [3.8, 4) is 11.5 Å². The zero-order valence-corrected chi connectivity index (χ0v) is 17.2. The fraction of sp³-hybridized carbons (Fsp3) is 0.391. The van der Waals surface area contributed by atoms with Crippen molar-refractivity contribution in [1.82, 2.24) is 10.2 Å². The average molecular weight is 396 g/mol. The molecule has 2 amide bonds. The average Bonchev–Trinajstić information content (AvgIpc) is 3.23. The van der Waals surface area contributed by atoms with Crippen molar-refractivity contribution in [3.05, 3.63) is 59.7 Å². The Balaban J connectivity index is 1.75. The van der Waals surface area contributed by atoms with Crippen molar-refractivity contribution in [1.29, 1.82) is 0 Å². The van der Waals surface area contributed by atoms with Crippen LogP contribution >= 0.6 is 0 Å². The molecular weight excluding hydrogens is 368 g/mol. The maximum atomic E-state index is 13.3. The van der Waals surface area contributed by atoms with Crippen LogP contribution in [0.5, 0.6) is 11.5 Å². The number of nitrogens with one attached hydrogen (secondary N) is 1. The van der Waals surface area contributed by atoms with Gasteiger partial charge in [-0.25, -0.2) is 0 Å². The van der Waals surface area contributed by atoms with Gasteiger partial charge in [0.2, 0.25) is 12.7 Å². The number of hydrogen-bond acceptors (Lipinski definition) is 4. The van der Waals surface area contributed by atoms with E-state index in [1.807, 2.05) is 57.2 Å². The zero-order chi connectivity index (χ0) is 20.8. The lowest BCUT2D eigenvalue weighted by atomic mass is 9.97. The molecular formula is C23H28N2O4. The van der Waals surface area contributed by atoms with E-state index in [1.54, 1.807) is 17.0 Å². The highest BCUT2D eigenvalue weighted by Gasteiger charge is 2.30. The first-order chi connectivity index (χ1) is 14.0. The molecule has 0 aromatic heterocycles. The maximum absolute atomic E-state index is 13.3. The van der Waals surface area contributed by atoms with E-state index in [1.165, 1.54) is 0 Å². The number of rotatable bonds is 8. The van der Waals surface area contributed by atoms with E-state index < -0.39 is 6.04 Å². The summed E-state index contributed by atoms with van der Waals surface area (Å²) in [7, 11) is 0. The van der Waals surface area contributed by atoms with Gasteiger partial charge in [0, 0.05) is 18.7 Å². The van der Waals surface area contributed by atoms with Crippen molar-refractivity contribution in [2.24, 2.45) is 5.92 Å². The maximum Gasteiger partial charge on any atom is 0.251 e. The Morgan fingerprint density at radius 1 is 1.07 bits per heavy atom. The van der Waals surface area contributed by atoms with Crippen molar-refractivity contribution in [2.45, 2.75) is 39.8 Å². The molecule has 1 aliphatic heterocycles. The Morgan fingerprint density at radius 3 is 2.48 bits per heavy atom. The number of nitrogens with zero attached hydrogens (tertiary/aromatic N) is 1. The quantitative estimate of drug-likeness (QED) is 0.740. The van der Waals surface area contributed by atoms with Crippen LogP contribution in [0.3, 0.4) is 0 Å². The summed E-state index contributed by atoms with van der Waals surface area (Å²) in [5.41, 5.74) is 1.51. The Morgan fingerprint density at radius 2 is 1.79 bits per heavy atom. The van der Waals surface area contributed by atoms with Gasteiger partial charge in [0.05, 0.1) is 0 Å². The molecule has 1 N–H and O–H groups in total. The van der Waals surface area contributed by atoms with Crippen LogP contribution in [0.25, 0.3) is 0 Å². The second-order valence-electron chi connectivity index (χ2n) is 7.24. The standard InChI is InChI=1S/C23H28N2O4/c1-4-16(3)21(24-22(26)18-9-7-6-8-10-18)23(27)25(5-2)14-17-11-12-19-20(13-17)29-15-28-19/h6-13,16,21H,4-5,14-15H2,1-3H3,(H,24,26). The van der Waals surface area contributed by atoms with Crippen molar-refractivity contribution < 1.29 is 19.1 Å². The highest BCUT2D eigenvalue weighted by molar-refractivity contribution is 5.97. The SMILES string of the molecule is CCC(C)C(NC(=O)c1ccccc1)C(=O)N(CC)Cc1ccc2c(c1)OCO2. The van der Waals surface area contributed by atoms with Crippen LogP contribution in [0.1, 0.15) is 43.1 Å². The van der Waals surface area contributed by atoms with Gasteiger partial charge in [0.15, 0.2) is 11.5 Å². The molecule has 6 heteroatoms. The predicted molar refractivity (Wildman–Crippen MR) is 111 cm³/mol. The second-order valence-corrected chi connectivity index (χ2v) is 7.24. The largest absolute Gasteiger partial charge is 0.454 e. The number of benzene rings is 2. The van der Waals surface area contributed by atoms with E-state index in [2.05, 4.69) is 5.32 Å². The van der Waals surface area contributed by atoms with Crippen LogP contribution in [0, 0.1) is 5.92 Å². The number of carbonyl (C=O) groups excluding carboxylic acids is 2. The molecule has 0 radical (unpaired) electrons. The third kappa shape index (κ3) is 4.88. The fourth-order valence-corrected chi connectivity index (χ4v) is 3.30. The lowest BCUT2D eigenvalue weighted by molar-refractivity contribution is -0.135. The first-order valence-corrected chi connectivity index (χ1v) is 10.1. The van der Waals surface area contributed by atoms with Crippen LogP contribution in [0.2, 0.25) is 0 Å². The number of likely N-dealkylation sites (N-methyl/N-ethyl adjacent to an activating group) is 1. The summed E-state index contributed by atoms with van der Waals surface area (Å²) in [5, 5.41) is 2.95. The Bertz CT molecular complexity index is 853. The van der Waals surface area contributed by atoms with E-state index in [-0.39, 0.29) is 24.5 Å². The van der Waals surface area contributed by atoms with Crippen LogP contribution < -0.4 is 14.8 Å². The van der Waals surface area contributed by atoms with Crippen molar-refractivity contribution in [3.63, 3.8) is 0 Å². The molecule has 0 bridgehead atoms. The lowest BCUT2D eigenvalue weighted by Crippen LogP contribution is -2.51. The van der Waals surface area contributed by atoms with Gasteiger partial charge in [-0.05, 0) is 42.7 Å². The van der Waals surface area contributed by atoms with Crippen LogP contribution in [-0.2, 0) is 11.3 Å². The summed E-state index contributed by atoms with van der Waals surface area (Å²) in [6, 6.07) is 14.1. The minimum absolute atomic E-state index is 0.0148. The van der Waals surface area contributed by atoms with Crippen molar-refractivity contribution >= 4 is 11.8 Å². The van der Waals surface area contributed by atoms with E-state index in [9.17, 15) is 9.59 Å². The summed E-state index contributed by atoms with van der Waals surface area (Å²) in [6.45, 7) is 7.16. The summed E-state index contributed by atoms with van der Waals surface area (Å²) in [4.78, 5) is 27.8. The van der Waals surface area contributed by atoms with Gasteiger partial charge in [-0.3, -0.25) is 9.59 Å². The summed E-state index contributed by atoms with van der Waals surface area (Å²) < 4.78 is 10.8. The molecule has 2 unspecified atom stereocenters. The van der Waals surface area contributed by atoms with Crippen LogP contribution in [0.4, 0.5) is 0 Å². The van der Waals surface area contributed by atoms with Crippen molar-refractivity contribution in [2.75, 3.05) is 13.3 Å². The first kappa shape index (κ1) is 20.7. The molecule has 3 rings (SSSR count). The molecule has 0 spiro atoms. The zero-order valence-electron chi connectivity index (χ0n) is 17.2. The van der Waals surface area contributed by atoms with Crippen LogP contribution in [-0.4, -0.2) is 36.1 Å². The molecule has 1 heterocycles. The summed E-state index contributed by atoms with van der Waals surface area (Å²) >= 11 is 0. The molecule has 0 saturated carbocycles. The predicted octanol–water partition coefficient (Wildman–Crippen LogP) is 3.61. The Kier molecular flexibility index (Phi) is 6.75. The lowest BCUT2D eigenvalue weighted by Gasteiger charge is -2.30. The molecule has 0 saturated heterocycles. The van der Waals surface area contributed by atoms with Gasteiger partial charge in [0.25, 0.3) is 5.91 Å². The third-order valence-corrected chi connectivity index (χ3v) is 5.31. The van der Waals surface area contributed by atoms with Gasteiger partial charge in [-0.15, -0.1) is 0 Å². The number of ether oxygens (including phenoxy) is 2. The molecule has 154 valence electrons. The van der Waals surface area contributed by atoms with E-state index in [0.717, 1.165) is 17.7 Å². The van der Waals surface area contributed by atoms with Gasteiger partial charge in [0.1, 0.15) is 6.04 Å². The number of amides is 2. The number of carbonyl (C=O) groups is 2. The highest BCUT2D eigenvalue weighted by Crippen LogP contribution is 2.32. The second kappa shape index (κ2) is 9.45. The molecule has 0 aliphatic carbocycles. The summed E-state index contributed by atoms with van der Waals surface area (Å²) in [6.07, 6.45) is 0.785.